The summed E-state index contributed by atoms with van der Waals surface area (Å²) in [5, 5.41) is 15.0. The van der Waals surface area contributed by atoms with Crippen LogP contribution in [-0.4, -0.2) is 36.5 Å². The minimum Gasteiger partial charge on any atom is -0.452 e. The number of anilines is 1. The number of benzene rings is 2. The van der Waals surface area contributed by atoms with Crippen LogP contribution in [0.1, 0.15) is 12.0 Å². The van der Waals surface area contributed by atoms with E-state index in [4.69, 9.17) is 9.57 Å². The van der Waals surface area contributed by atoms with Gasteiger partial charge in [0.2, 0.25) is 0 Å². The second kappa shape index (κ2) is 7.64. The molecule has 2 aromatic carbocycles. The number of ether oxygens (including phenoxy) is 1. The number of hydrogen-bond acceptors (Lipinski definition) is 6. The van der Waals surface area contributed by atoms with Crippen molar-refractivity contribution in [2.75, 3.05) is 18.6 Å². The average Bonchev–Trinajstić information content (AvgIpc) is 3.15. The maximum absolute atomic E-state index is 12.1. The Morgan fingerprint density at radius 1 is 1.31 bits per heavy atom. The monoisotopic (exact) mass is 355 g/mol. The Kier molecular flexibility index (Phi) is 5.12. The Bertz CT molecular complexity index is 838. The van der Waals surface area contributed by atoms with E-state index in [0.29, 0.717) is 23.4 Å². The number of methoxy groups -OCH3 is 1. The van der Waals surface area contributed by atoms with E-state index in [-0.39, 0.29) is 18.3 Å². The van der Waals surface area contributed by atoms with Gasteiger partial charge in [0.05, 0.1) is 24.3 Å². The first-order chi connectivity index (χ1) is 12.6. The van der Waals surface area contributed by atoms with Gasteiger partial charge in [-0.25, -0.2) is 4.79 Å². The predicted octanol–water partition coefficient (Wildman–Crippen LogP) is 3.36. The van der Waals surface area contributed by atoms with E-state index in [1.165, 1.54) is 24.1 Å². The fourth-order valence-corrected chi connectivity index (χ4v) is 2.70. The lowest BCUT2D eigenvalue weighted by Gasteiger charge is -2.23. The third-order valence-corrected chi connectivity index (χ3v) is 3.97. The first kappa shape index (κ1) is 17.4. The van der Waals surface area contributed by atoms with E-state index in [0.717, 1.165) is 0 Å². The zero-order chi connectivity index (χ0) is 18.5. The van der Waals surface area contributed by atoms with E-state index >= 15 is 0 Å². The van der Waals surface area contributed by atoms with Crippen LogP contribution >= 0.6 is 0 Å². The number of nitro groups is 1. The quantitative estimate of drug-likeness (QED) is 0.605. The summed E-state index contributed by atoms with van der Waals surface area (Å²) in [6, 6.07) is 15.3. The van der Waals surface area contributed by atoms with E-state index in [9.17, 15) is 14.9 Å². The zero-order valence-corrected chi connectivity index (χ0v) is 14.1. The van der Waals surface area contributed by atoms with Crippen molar-refractivity contribution in [1.82, 2.24) is 0 Å². The maximum Gasteiger partial charge on any atom is 0.414 e. The number of non-ortho nitro benzene ring substituents is 1. The number of amides is 1. The molecule has 0 saturated heterocycles. The molecule has 8 nitrogen and oxygen atoms in total. The molecule has 1 atom stereocenters. The van der Waals surface area contributed by atoms with Gasteiger partial charge in [-0.2, -0.15) is 0 Å². The molecule has 1 aliphatic rings. The lowest BCUT2D eigenvalue weighted by atomic mass is 10.0. The Morgan fingerprint density at radius 3 is 2.77 bits per heavy atom. The molecule has 0 bridgehead atoms. The molecule has 0 N–H and O–H groups in total. The minimum absolute atomic E-state index is 0.00544. The molecule has 1 aliphatic heterocycles. The second-order valence-electron chi connectivity index (χ2n) is 5.69. The number of carbonyl (C=O) groups excluding carboxylic acids is 1. The molecule has 1 heterocycles. The van der Waals surface area contributed by atoms with E-state index in [1.807, 2.05) is 18.2 Å². The molecular weight excluding hydrogens is 338 g/mol. The number of para-hydroxylation sites is 1. The normalized spacial score (nSPS) is 15.7. The van der Waals surface area contributed by atoms with Crippen molar-refractivity contribution >= 4 is 23.2 Å². The SMILES string of the molecule is COC(=O)N(CC1CC(c2cccc([N+](=O)[O-])c2)=NO1)c1ccccc1. The third kappa shape index (κ3) is 3.80. The maximum atomic E-state index is 12.1. The zero-order valence-electron chi connectivity index (χ0n) is 14.1. The van der Waals surface area contributed by atoms with Crippen LogP contribution in [0.3, 0.4) is 0 Å². The van der Waals surface area contributed by atoms with Crippen LogP contribution in [0.25, 0.3) is 0 Å². The van der Waals surface area contributed by atoms with Gasteiger partial charge in [-0.3, -0.25) is 15.0 Å². The van der Waals surface area contributed by atoms with Gasteiger partial charge in [-0.1, -0.05) is 35.5 Å². The van der Waals surface area contributed by atoms with Crippen LogP contribution in [0.2, 0.25) is 0 Å². The summed E-state index contributed by atoms with van der Waals surface area (Å²) in [4.78, 5) is 29.5. The van der Waals surface area contributed by atoms with Crippen molar-refractivity contribution in [2.24, 2.45) is 5.16 Å². The fraction of sp³-hybridized carbons (Fsp3) is 0.222. The van der Waals surface area contributed by atoms with Gasteiger partial charge < -0.3 is 9.57 Å². The number of hydrogen-bond donors (Lipinski definition) is 0. The average molecular weight is 355 g/mol. The van der Waals surface area contributed by atoms with Gasteiger partial charge in [0.15, 0.2) is 6.10 Å². The smallest absolute Gasteiger partial charge is 0.414 e. The lowest BCUT2D eigenvalue weighted by molar-refractivity contribution is -0.384. The third-order valence-electron chi connectivity index (χ3n) is 3.97. The van der Waals surface area contributed by atoms with Gasteiger partial charge in [0, 0.05) is 29.8 Å². The van der Waals surface area contributed by atoms with Crippen LogP contribution in [0.5, 0.6) is 0 Å². The molecule has 0 saturated carbocycles. The van der Waals surface area contributed by atoms with Crippen molar-refractivity contribution in [3.8, 4) is 0 Å². The summed E-state index contributed by atoms with van der Waals surface area (Å²) < 4.78 is 4.85. The van der Waals surface area contributed by atoms with Crippen LogP contribution in [0, 0.1) is 10.1 Å². The van der Waals surface area contributed by atoms with Gasteiger partial charge in [-0.15, -0.1) is 0 Å². The van der Waals surface area contributed by atoms with Crippen molar-refractivity contribution in [3.63, 3.8) is 0 Å². The van der Waals surface area contributed by atoms with Crippen LogP contribution in [0.15, 0.2) is 59.8 Å². The highest BCUT2D eigenvalue weighted by atomic mass is 16.6. The Labute approximate surface area is 149 Å². The highest BCUT2D eigenvalue weighted by molar-refractivity contribution is 6.01. The van der Waals surface area contributed by atoms with Crippen LogP contribution < -0.4 is 4.90 Å². The number of oxime groups is 1. The molecule has 2 aromatic rings. The highest BCUT2D eigenvalue weighted by Gasteiger charge is 2.28. The summed E-state index contributed by atoms with van der Waals surface area (Å²) in [6.45, 7) is 0.249. The van der Waals surface area contributed by atoms with Gasteiger partial charge in [0.1, 0.15) is 0 Å². The Hall–Kier alpha value is -3.42. The molecule has 0 aliphatic carbocycles. The first-order valence-electron chi connectivity index (χ1n) is 7.96. The molecule has 3 rings (SSSR count). The van der Waals surface area contributed by atoms with E-state index < -0.39 is 11.0 Å². The minimum atomic E-state index is -0.497. The van der Waals surface area contributed by atoms with Crippen molar-refractivity contribution in [3.05, 3.63) is 70.3 Å². The summed E-state index contributed by atoms with van der Waals surface area (Å²) in [7, 11) is 1.32. The molecule has 0 fully saturated rings. The predicted molar refractivity (Wildman–Crippen MR) is 95.3 cm³/mol. The summed E-state index contributed by atoms with van der Waals surface area (Å²) in [6.07, 6.45) is -0.436. The number of nitrogens with zero attached hydrogens (tertiary/aromatic N) is 3. The molecule has 134 valence electrons. The van der Waals surface area contributed by atoms with Crippen molar-refractivity contribution in [2.45, 2.75) is 12.5 Å². The van der Waals surface area contributed by atoms with Gasteiger partial charge in [0.25, 0.3) is 5.69 Å². The van der Waals surface area contributed by atoms with Crippen molar-refractivity contribution in [1.29, 1.82) is 0 Å². The van der Waals surface area contributed by atoms with Crippen LogP contribution in [-0.2, 0) is 9.57 Å². The largest absolute Gasteiger partial charge is 0.452 e. The number of carbonyl (C=O) groups is 1. The highest BCUT2D eigenvalue weighted by Crippen LogP contribution is 2.23. The van der Waals surface area contributed by atoms with E-state index in [1.54, 1.807) is 24.3 Å². The summed E-state index contributed by atoms with van der Waals surface area (Å²) in [5.41, 5.74) is 1.92. The summed E-state index contributed by atoms with van der Waals surface area (Å²) >= 11 is 0. The fourth-order valence-electron chi connectivity index (χ4n) is 2.70. The first-order valence-corrected chi connectivity index (χ1v) is 7.96. The van der Waals surface area contributed by atoms with Gasteiger partial charge in [-0.05, 0) is 12.1 Å². The summed E-state index contributed by atoms with van der Waals surface area (Å²) in [5.74, 6) is 0. The lowest BCUT2D eigenvalue weighted by Crippen LogP contribution is -2.37. The molecule has 0 radical (unpaired) electrons. The van der Waals surface area contributed by atoms with Gasteiger partial charge >= 0.3 is 6.09 Å². The second-order valence-corrected chi connectivity index (χ2v) is 5.69. The van der Waals surface area contributed by atoms with Crippen molar-refractivity contribution < 1.29 is 19.3 Å². The molecule has 8 heteroatoms. The molecule has 0 aromatic heterocycles. The molecule has 0 spiro atoms. The Balaban J connectivity index is 1.72. The number of rotatable bonds is 5. The molecule has 1 amide bonds. The molecular formula is C18H17N3O5. The topological polar surface area (TPSA) is 94.3 Å². The molecule has 26 heavy (non-hydrogen) atoms. The van der Waals surface area contributed by atoms with Crippen LogP contribution in [0.4, 0.5) is 16.2 Å². The Morgan fingerprint density at radius 2 is 2.08 bits per heavy atom. The standard InChI is InChI=1S/C18H17N3O5/c1-25-18(22)20(14-7-3-2-4-8-14)12-16-11-17(19-26-16)13-6-5-9-15(10-13)21(23)24/h2-10,16H,11-12H2,1H3. The van der Waals surface area contributed by atoms with E-state index in [2.05, 4.69) is 5.16 Å². The number of nitro benzene ring substituents is 1. The molecule has 1 unspecified atom stereocenters.